The molecule has 1 aliphatic rings. The fraction of sp³-hybridized carbons (Fsp3) is 0.259. The van der Waals surface area contributed by atoms with E-state index in [1.54, 1.807) is 12.4 Å². The predicted molar refractivity (Wildman–Crippen MR) is 134 cm³/mol. The number of nitrogens with zero attached hydrogens (tertiary/aromatic N) is 4. The maximum Gasteiger partial charge on any atom is 0.251 e. The third kappa shape index (κ3) is 3.88. The molecule has 170 valence electrons. The monoisotopic (exact) mass is 450 g/mol. The van der Waals surface area contributed by atoms with Gasteiger partial charge >= 0.3 is 0 Å². The van der Waals surface area contributed by atoms with Crippen LogP contribution in [-0.2, 0) is 6.54 Å². The van der Waals surface area contributed by atoms with Gasteiger partial charge in [0.25, 0.3) is 5.56 Å². The number of pyridine rings is 1. The summed E-state index contributed by atoms with van der Waals surface area (Å²) < 4.78 is 0. The van der Waals surface area contributed by atoms with Crippen molar-refractivity contribution in [1.82, 2.24) is 30.0 Å². The lowest BCUT2D eigenvalue weighted by atomic mass is 9.90. The molecule has 0 saturated carbocycles. The number of rotatable bonds is 4. The molecule has 34 heavy (non-hydrogen) atoms. The van der Waals surface area contributed by atoms with Crippen molar-refractivity contribution >= 4 is 21.8 Å². The topological polar surface area (TPSA) is 90.6 Å². The zero-order valence-corrected chi connectivity index (χ0v) is 19.1. The van der Waals surface area contributed by atoms with Crippen LogP contribution in [0.4, 0.5) is 0 Å². The van der Waals surface area contributed by atoms with Crippen molar-refractivity contribution in [3.63, 3.8) is 0 Å². The molecule has 7 nitrogen and oxygen atoms in total. The van der Waals surface area contributed by atoms with E-state index in [-0.39, 0.29) is 11.5 Å². The molecule has 7 heteroatoms. The molecule has 1 saturated heterocycles. The molecular weight excluding hydrogens is 424 g/mol. The van der Waals surface area contributed by atoms with E-state index in [0.29, 0.717) is 0 Å². The average molecular weight is 451 g/mol. The second kappa shape index (κ2) is 8.50. The minimum Gasteiger partial charge on any atom is -0.322 e. The largest absolute Gasteiger partial charge is 0.322 e. The van der Waals surface area contributed by atoms with Crippen LogP contribution < -0.4 is 5.56 Å². The number of likely N-dealkylation sites (tertiary alicyclic amines) is 1. The number of piperidine rings is 1. The van der Waals surface area contributed by atoms with Crippen LogP contribution in [0.3, 0.4) is 0 Å². The van der Waals surface area contributed by atoms with E-state index >= 15 is 0 Å². The molecule has 0 bridgehead atoms. The van der Waals surface area contributed by atoms with Crippen molar-refractivity contribution in [1.29, 1.82) is 0 Å². The number of fused-ring (bicyclic) bond motifs is 2. The summed E-state index contributed by atoms with van der Waals surface area (Å²) in [6, 6.07) is 16.7. The number of aromatic nitrogens is 5. The Labute approximate surface area is 196 Å². The van der Waals surface area contributed by atoms with Gasteiger partial charge in [-0.2, -0.15) is 5.10 Å². The van der Waals surface area contributed by atoms with E-state index in [1.165, 1.54) is 5.56 Å². The van der Waals surface area contributed by atoms with Crippen LogP contribution in [0.15, 0.2) is 65.7 Å². The first-order valence-electron chi connectivity index (χ1n) is 11.7. The Hall–Kier alpha value is -3.84. The molecule has 0 amide bonds. The van der Waals surface area contributed by atoms with Crippen LogP contribution in [0.5, 0.6) is 0 Å². The highest BCUT2D eigenvalue weighted by Crippen LogP contribution is 2.31. The molecule has 5 aromatic rings. The molecule has 4 heterocycles. The van der Waals surface area contributed by atoms with E-state index in [2.05, 4.69) is 66.4 Å². The first-order valence-corrected chi connectivity index (χ1v) is 11.7. The lowest BCUT2D eigenvalue weighted by Crippen LogP contribution is -2.35. The summed E-state index contributed by atoms with van der Waals surface area (Å²) in [5.41, 5.74) is 5.55. The number of hydrogen-bond acceptors (Lipinski definition) is 5. The van der Waals surface area contributed by atoms with E-state index < -0.39 is 0 Å². The highest BCUT2D eigenvalue weighted by Gasteiger charge is 2.24. The van der Waals surface area contributed by atoms with E-state index in [0.717, 1.165) is 76.9 Å². The molecule has 2 aromatic carbocycles. The number of benzene rings is 2. The van der Waals surface area contributed by atoms with E-state index in [4.69, 9.17) is 0 Å². The minimum absolute atomic E-state index is 0.00471. The van der Waals surface area contributed by atoms with Gasteiger partial charge in [0.15, 0.2) is 0 Å². The number of nitrogens with one attached hydrogen (secondary N) is 2. The first kappa shape index (κ1) is 20.7. The van der Waals surface area contributed by atoms with Gasteiger partial charge in [-0.15, -0.1) is 0 Å². The highest BCUT2D eigenvalue weighted by molar-refractivity contribution is 6.01. The van der Waals surface area contributed by atoms with Gasteiger partial charge in [0.2, 0.25) is 0 Å². The number of aryl methyl sites for hydroxylation is 1. The zero-order chi connectivity index (χ0) is 23.1. The van der Waals surface area contributed by atoms with Gasteiger partial charge in [-0.3, -0.25) is 14.8 Å². The molecule has 1 aliphatic heterocycles. The summed E-state index contributed by atoms with van der Waals surface area (Å²) in [7, 11) is 0. The first-order chi connectivity index (χ1) is 16.6. The molecule has 2 N–H and O–H groups in total. The summed E-state index contributed by atoms with van der Waals surface area (Å²) in [4.78, 5) is 27.3. The van der Waals surface area contributed by atoms with Crippen molar-refractivity contribution in [2.24, 2.45) is 0 Å². The number of aromatic amines is 2. The van der Waals surface area contributed by atoms with Crippen molar-refractivity contribution in [2.75, 3.05) is 13.1 Å². The fourth-order valence-corrected chi connectivity index (χ4v) is 5.07. The lowest BCUT2D eigenvalue weighted by Gasteiger charge is -2.32. The Balaban J connectivity index is 1.35. The Kier molecular flexibility index (Phi) is 5.19. The quantitative estimate of drug-likeness (QED) is 0.419. The van der Waals surface area contributed by atoms with Crippen LogP contribution >= 0.6 is 0 Å². The van der Waals surface area contributed by atoms with Crippen molar-refractivity contribution in [3.05, 3.63) is 88.2 Å². The molecule has 6 rings (SSSR count). The smallest absolute Gasteiger partial charge is 0.251 e. The molecular formula is C27H26N6O. The summed E-state index contributed by atoms with van der Waals surface area (Å²) in [6.07, 6.45) is 5.71. The molecule has 0 radical (unpaired) electrons. The Morgan fingerprint density at radius 2 is 1.88 bits per heavy atom. The third-order valence-electron chi connectivity index (χ3n) is 6.80. The van der Waals surface area contributed by atoms with Crippen molar-refractivity contribution in [3.8, 4) is 11.3 Å². The van der Waals surface area contributed by atoms with Gasteiger partial charge in [-0.25, -0.2) is 9.97 Å². The average Bonchev–Trinajstić information content (AvgIpc) is 3.26. The summed E-state index contributed by atoms with van der Waals surface area (Å²) in [5, 5.41) is 9.59. The Morgan fingerprint density at radius 3 is 2.71 bits per heavy atom. The normalized spacial score (nSPS) is 16.9. The van der Waals surface area contributed by atoms with Gasteiger partial charge in [0.1, 0.15) is 11.5 Å². The van der Waals surface area contributed by atoms with Gasteiger partial charge in [0, 0.05) is 47.9 Å². The van der Waals surface area contributed by atoms with Crippen LogP contribution in [0.25, 0.3) is 33.1 Å². The fourth-order valence-electron chi connectivity index (χ4n) is 5.07. The molecule has 1 fully saturated rings. The molecule has 3 aromatic heterocycles. The highest BCUT2D eigenvalue weighted by atomic mass is 16.1. The maximum absolute atomic E-state index is 13.1. The van der Waals surface area contributed by atoms with Crippen LogP contribution in [0, 0.1) is 6.92 Å². The standard InChI is InChI=1S/C27H26N6O/c1-17-28-13-21(14-29-17)26-23-11-20-10-22(27(34)30-24(20)12-25(23)31-32-26)19-8-5-9-33(16-19)15-18-6-3-2-4-7-18/h2-4,6-7,10-14,19H,5,8-9,15-16H2,1H3,(H,30,34)(H,31,32). The predicted octanol–water partition coefficient (Wildman–Crippen LogP) is 4.55. The zero-order valence-electron chi connectivity index (χ0n) is 19.1. The molecule has 1 unspecified atom stereocenters. The van der Waals surface area contributed by atoms with Gasteiger partial charge in [0.05, 0.1) is 11.0 Å². The summed E-state index contributed by atoms with van der Waals surface area (Å²) in [5.74, 6) is 0.945. The van der Waals surface area contributed by atoms with Crippen LogP contribution in [0.2, 0.25) is 0 Å². The Bertz CT molecular complexity index is 1520. The van der Waals surface area contributed by atoms with E-state index in [1.807, 2.05) is 19.1 Å². The third-order valence-corrected chi connectivity index (χ3v) is 6.80. The van der Waals surface area contributed by atoms with Crippen LogP contribution in [0.1, 0.15) is 35.7 Å². The second-order valence-electron chi connectivity index (χ2n) is 9.19. The lowest BCUT2D eigenvalue weighted by molar-refractivity contribution is 0.199. The van der Waals surface area contributed by atoms with Gasteiger partial charge < -0.3 is 4.98 Å². The number of H-pyrrole nitrogens is 2. The van der Waals surface area contributed by atoms with E-state index in [9.17, 15) is 4.79 Å². The van der Waals surface area contributed by atoms with Gasteiger partial charge in [-0.05, 0) is 55.5 Å². The number of hydrogen-bond donors (Lipinski definition) is 2. The molecule has 0 aliphatic carbocycles. The van der Waals surface area contributed by atoms with Crippen molar-refractivity contribution < 1.29 is 0 Å². The maximum atomic E-state index is 13.1. The minimum atomic E-state index is 0.00471. The SMILES string of the molecule is Cc1ncc(-c2n[nH]c3cc4[nH]c(=O)c(C5CCCN(Cc6ccccc6)C5)cc4cc23)cn1. The molecule has 1 atom stereocenters. The van der Waals surface area contributed by atoms with Crippen molar-refractivity contribution in [2.45, 2.75) is 32.2 Å². The van der Waals surface area contributed by atoms with Crippen LogP contribution in [-0.4, -0.2) is 43.1 Å². The second-order valence-corrected chi connectivity index (χ2v) is 9.19. The summed E-state index contributed by atoms with van der Waals surface area (Å²) in [6.45, 7) is 4.74. The molecule has 0 spiro atoms. The Morgan fingerprint density at radius 1 is 1.06 bits per heavy atom. The van der Waals surface area contributed by atoms with Gasteiger partial charge in [-0.1, -0.05) is 30.3 Å². The summed E-state index contributed by atoms with van der Waals surface area (Å²) >= 11 is 0.